The molecule has 0 bridgehead atoms. The predicted molar refractivity (Wildman–Crippen MR) is 84.7 cm³/mol. The Balaban J connectivity index is 1.99. The lowest BCUT2D eigenvalue weighted by Gasteiger charge is -2.48. The molecule has 1 aliphatic heterocycles. The summed E-state index contributed by atoms with van der Waals surface area (Å²) in [5.74, 6) is -0.146. The van der Waals surface area contributed by atoms with E-state index in [2.05, 4.69) is 21.8 Å². The normalized spacial score (nSPS) is 16.6. The summed E-state index contributed by atoms with van der Waals surface area (Å²) >= 11 is 1.26. The summed E-state index contributed by atoms with van der Waals surface area (Å²) in [5, 5.41) is 0.260. The molecule has 0 unspecified atom stereocenters. The number of aromatic nitrogens is 2. The smallest absolute Gasteiger partial charge is 0.277 e. The van der Waals surface area contributed by atoms with E-state index in [0.717, 1.165) is 23.5 Å². The van der Waals surface area contributed by atoms with Gasteiger partial charge in [0, 0.05) is 19.7 Å². The third-order valence-electron chi connectivity index (χ3n) is 3.65. The van der Waals surface area contributed by atoms with Crippen molar-refractivity contribution < 1.29 is 14.3 Å². The first-order valence-electron chi connectivity index (χ1n) is 6.99. The number of thiazole rings is 1. The number of carbonyl (C=O) groups is 1. The molecule has 1 fully saturated rings. The van der Waals surface area contributed by atoms with E-state index >= 15 is 0 Å². The molecule has 0 radical (unpaired) electrons. The minimum Gasteiger partial charge on any atom is -0.479 e. The summed E-state index contributed by atoms with van der Waals surface area (Å²) < 4.78 is 11.8. The quantitative estimate of drug-likeness (QED) is 0.895. The van der Waals surface area contributed by atoms with Gasteiger partial charge in [-0.2, -0.15) is 0 Å². The lowest BCUT2D eigenvalue weighted by atomic mass is 9.96. The number of nitrogens with zero attached hydrogens (tertiary/aromatic N) is 3. The van der Waals surface area contributed by atoms with Crippen LogP contribution in [0.5, 0.6) is 5.88 Å². The number of amides is 1. The first kappa shape index (κ1) is 15.0. The van der Waals surface area contributed by atoms with Gasteiger partial charge in [0.2, 0.25) is 5.88 Å². The Morgan fingerprint density at radius 3 is 2.86 bits per heavy atom. The highest BCUT2D eigenvalue weighted by atomic mass is 32.1. The largest absolute Gasteiger partial charge is 0.479 e. The van der Waals surface area contributed by atoms with Gasteiger partial charge in [0.1, 0.15) is 11.1 Å². The molecule has 2 N–H and O–H groups in total. The van der Waals surface area contributed by atoms with Gasteiger partial charge in [-0.3, -0.25) is 4.79 Å². The number of hydrogen-bond acceptors (Lipinski definition) is 7. The zero-order valence-corrected chi connectivity index (χ0v) is 13.6. The van der Waals surface area contributed by atoms with Crippen LogP contribution in [-0.4, -0.2) is 48.3 Å². The Morgan fingerprint density at radius 2 is 2.27 bits per heavy atom. The molecule has 2 aromatic heterocycles. The van der Waals surface area contributed by atoms with Crippen molar-refractivity contribution in [1.82, 2.24) is 9.97 Å². The highest BCUT2D eigenvalue weighted by Crippen LogP contribution is 2.39. The number of anilines is 1. The van der Waals surface area contributed by atoms with Crippen molar-refractivity contribution in [2.75, 3.05) is 31.7 Å². The van der Waals surface area contributed by atoms with Crippen LogP contribution in [0.1, 0.15) is 23.6 Å². The molecule has 3 rings (SSSR count). The standard InChI is InChI=1S/C14H18N4O3S/c1-4-21-14(2)6-18(7-14)8-5-16-12(20-3)9-10(8)22-13(17-9)11(15)19/h5H,4,6-7H2,1-3H3,(H2,15,19). The predicted octanol–water partition coefficient (Wildman–Crippen LogP) is 1.41. The van der Waals surface area contributed by atoms with Crippen LogP contribution in [0.4, 0.5) is 5.69 Å². The van der Waals surface area contributed by atoms with E-state index in [0.29, 0.717) is 18.0 Å². The molecule has 7 nitrogen and oxygen atoms in total. The molecule has 0 spiro atoms. The summed E-state index contributed by atoms with van der Waals surface area (Å²) in [6, 6.07) is 0. The summed E-state index contributed by atoms with van der Waals surface area (Å²) in [4.78, 5) is 22.1. The first-order valence-corrected chi connectivity index (χ1v) is 7.81. The second kappa shape index (κ2) is 5.36. The number of pyridine rings is 1. The van der Waals surface area contributed by atoms with Gasteiger partial charge >= 0.3 is 0 Å². The van der Waals surface area contributed by atoms with Gasteiger partial charge in [-0.15, -0.1) is 11.3 Å². The second-order valence-electron chi connectivity index (χ2n) is 5.45. The highest BCUT2D eigenvalue weighted by Gasteiger charge is 2.40. The van der Waals surface area contributed by atoms with E-state index in [-0.39, 0.29) is 10.6 Å². The van der Waals surface area contributed by atoms with Crippen LogP contribution in [0.3, 0.4) is 0 Å². The third-order valence-corrected chi connectivity index (χ3v) is 4.75. The molecular formula is C14H18N4O3S. The molecule has 22 heavy (non-hydrogen) atoms. The van der Waals surface area contributed by atoms with Crippen LogP contribution >= 0.6 is 11.3 Å². The molecule has 1 amide bonds. The number of ether oxygens (including phenoxy) is 2. The molecule has 118 valence electrons. The minimum atomic E-state index is -0.544. The Hall–Kier alpha value is -1.93. The van der Waals surface area contributed by atoms with E-state index in [1.165, 1.54) is 18.4 Å². The molecule has 8 heteroatoms. The van der Waals surface area contributed by atoms with Crippen molar-refractivity contribution in [3.05, 3.63) is 11.2 Å². The topological polar surface area (TPSA) is 90.6 Å². The Morgan fingerprint density at radius 1 is 1.55 bits per heavy atom. The molecule has 0 aliphatic carbocycles. The number of rotatable bonds is 5. The number of nitrogens with two attached hydrogens (primary N) is 1. The van der Waals surface area contributed by atoms with Crippen LogP contribution < -0.4 is 15.4 Å². The Bertz CT molecular complexity index is 724. The number of methoxy groups -OCH3 is 1. The SMILES string of the molecule is CCOC1(C)CN(c2cnc(OC)c3nc(C(N)=O)sc23)C1. The van der Waals surface area contributed by atoms with Gasteiger partial charge in [0.25, 0.3) is 5.91 Å². The van der Waals surface area contributed by atoms with Gasteiger partial charge in [-0.1, -0.05) is 0 Å². The van der Waals surface area contributed by atoms with Crippen molar-refractivity contribution >= 4 is 33.1 Å². The van der Waals surface area contributed by atoms with Crippen molar-refractivity contribution in [2.45, 2.75) is 19.4 Å². The zero-order valence-electron chi connectivity index (χ0n) is 12.8. The minimum absolute atomic E-state index is 0.141. The van der Waals surface area contributed by atoms with Gasteiger partial charge in [0.15, 0.2) is 5.01 Å². The van der Waals surface area contributed by atoms with Crippen molar-refractivity contribution in [3.63, 3.8) is 0 Å². The molecule has 1 aliphatic rings. The van der Waals surface area contributed by atoms with E-state index < -0.39 is 5.91 Å². The van der Waals surface area contributed by atoms with Crippen molar-refractivity contribution in [1.29, 1.82) is 0 Å². The number of fused-ring (bicyclic) bond motifs is 1. The molecule has 0 saturated carbocycles. The second-order valence-corrected chi connectivity index (χ2v) is 6.45. The first-order chi connectivity index (χ1) is 10.5. The summed E-state index contributed by atoms with van der Waals surface area (Å²) in [6.07, 6.45) is 1.75. The van der Waals surface area contributed by atoms with Crippen LogP contribution in [-0.2, 0) is 4.74 Å². The van der Waals surface area contributed by atoms with Gasteiger partial charge in [-0.05, 0) is 13.8 Å². The van der Waals surface area contributed by atoms with Gasteiger partial charge in [-0.25, -0.2) is 9.97 Å². The Kier molecular flexibility index (Phi) is 3.65. The average molecular weight is 322 g/mol. The lowest BCUT2D eigenvalue weighted by molar-refractivity contribution is -0.0444. The molecule has 3 heterocycles. The molecule has 2 aromatic rings. The summed E-state index contributed by atoms with van der Waals surface area (Å²) in [5.41, 5.74) is 6.70. The van der Waals surface area contributed by atoms with Crippen LogP contribution in [0.15, 0.2) is 6.20 Å². The molecule has 1 saturated heterocycles. The van der Waals surface area contributed by atoms with Crippen molar-refractivity contribution in [3.8, 4) is 5.88 Å². The lowest BCUT2D eigenvalue weighted by Crippen LogP contribution is -2.61. The zero-order chi connectivity index (χ0) is 15.9. The highest BCUT2D eigenvalue weighted by molar-refractivity contribution is 7.21. The molecule has 0 atom stereocenters. The van der Waals surface area contributed by atoms with Crippen LogP contribution in [0, 0.1) is 0 Å². The Labute approximate surface area is 132 Å². The maximum Gasteiger partial charge on any atom is 0.277 e. The van der Waals surface area contributed by atoms with E-state index in [9.17, 15) is 4.79 Å². The van der Waals surface area contributed by atoms with Crippen molar-refractivity contribution in [2.24, 2.45) is 5.73 Å². The summed E-state index contributed by atoms with van der Waals surface area (Å²) in [6.45, 7) is 6.31. The monoisotopic (exact) mass is 322 g/mol. The van der Waals surface area contributed by atoms with E-state index in [1.807, 2.05) is 6.92 Å². The number of carbonyl (C=O) groups excluding carboxylic acids is 1. The van der Waals surface area contributed by atoms with Crippen LogP contribution in [0.2, 0.25) is 0 Å². The third kappa shape index (κ3) is 2.38. The van der Waals surface area contributed by atoms with E-state index in [1.54, 1.807) is 6.20 Å². The van der Waals surface area contributed by atoms with Gasteiger partial charge < -0.3 is 20.1 Å². The van der Waals surface area contributed by atoms with Crippen LogP contribution in [0.25, 0.3) is 10.2 Å². The average Bonchev–Trinajstić information content (AvgIpc) is 2.89. The fraction of sp³-hybridized carbons (Fsp3) is 0.500. The number of hydrogen-bond donors (Lipinski definition) is 1. The fourth-order valence-electron chi connectivity index (χ4n) is 2.73. The number of primary amides is 1. The maximum absolute atomic E-state index is 11.4. The fourth-order valence-corrected chi connectivity index (χ4v) is 3.68. The van der Waals surface area contributed by atoms with Gasteiger partial charge in [0.05, 0.1) is 23.7 Å². The molecule has 0 aromatic carbocycles. The summed E-state index contributed by atoms with van der Waals surface area (Å²) in [7, 11) is 1.53. The van der Waals surface area contributed by atoms with E-state index in [4.69, 9.17) is 15.2 Å². The molecular weight excluding hydrogens is 304 g/mol. The maximum atomic E-state index is 11.4.